The van der Waals surface area contributed by atoms with Crippen LogP contribution < -0.4 is 5.73 Å². The molecule has 0 aromatic rings. The summed E-state index contributed by atoms with van der Waals surface area (Å²) in [5, 5.41) is 0. The van der Waals surface area contributed by atoms with E-state index in [1.54, 1.807) is 6.92 Å². The summed E-state index contributed by atoms with van der Waals surface area (Å²) in [4.78, 5) is 16.0. The minimum Gasteiger partial charge on any atom is -0.462 e. The number of rotatable bonds is 6. The highest BCUT2D eigenvalue weighted by Crippen LogP contribution is 2.31. The van der Waals surface area contributed by atoms with Crippen LogP contribution in [0, 0.1) is 5.92 Å². The maximum atomic E-state index is 11.6. The molecule has 1 fully saturated rings. The summed E-state index contributed by atoms with van der Waals surface area (Å²) in [6, 6.07) is 0. The van der Waals surface area contributed by atoms with Gasteiger partial charge in [-0.25, -0.2) is 9.79 Å². The molecule has 0 amide bonds. The first-order valence-electron chi connectivity index (χ1n) is 6.41. The van der Waals surface area contributed by atoms with Gasteiger partial charge >= 0.3 is 5.97 Å². The molecule has 0 heterocycles. The quantitative estimate of drug-likeness (QED) is 0.341. The van der Waals surface area contributed by atoms with Gasteiger partial charge in [-0.1, -0.05) is 13.5 Å². The van der Waals surface area contributed by atoms with Gasteiger partial charge in [0.25, 0.3) is 0 Å². The molecule has 18 heavy (non-hydrogen) atoms. The van der Waals surface area contributed by atoms with Gasteiger partial charge < -0.3 is 10.5 Å². The standard InChI is InChI=1S/C14H22N2O2/c1-5-12(9(3)14(17)18-6-2)13(15)16-10(4)11-7-8-11/h11H,3,5-8,15H2,1-2,4H3/b13-12-,16-10?. The number of ether oxygens (including phenoxy) is 1. The van der Waals surface area contributed by atoms with Crippen molar-refractivity contribution in [2.75, 3.05) is 6.61 Å². The molecule has 0 aromatic heterocycles. The van der Waals surface area contributed by atoms with Crippen molar-refractivity contribution >= 4 is 11.7 Å². The molecule has 0 saturated heterocycles. The van der Waals surface area contributed by atoms with E-state index in [9.17, 15) is 4.79 Å². The van der Waals surface area contributed by atoms with Crippen molar-refractivity contribution in [1.29, 1.82) is 0 Å². The molecule has 1 aliphatic carbocycles. The van der Waals surface area contributed by atoms with Gasteiger partial charge in [0, 0.05) is 11.3 Å². The van der Waals surface area contributed by atoms with Crippen molar-refractivity contribution < 1.29 is 9.53 Å². The molecule has 100 valence electrons. The van der Waals surface area contributed by atoms with Crippen LogP contribution in [-0.2, 0) is 9.53 Å². The van der Waals surface area contributed by atoms with Gasteiger partial charge in [0.15, 0.2) is 0 Å². The van der Waals surface area contributed by atoms with E-state index in [0.29, 0.717) is 35.9 Å². The molecule has 2 N–H and O–H groups in total. The molecule has 1 rings (SSSR count). The fraction of sp³-hybridized carbons (Fsp3) is 0.571. The van der Waals surface area contributed by atoms with Gasteiger partial charge in [-0.2, -0.15) is 0 Å². The van der Waals surface area contributed by atoms with Gasteiger partial charge in [-0.15, -0.1) is 0 Å². The van der Waals surface area contributed by atoms with Crippen LogP contribution in [0.3, 0.4) is 0 Å². The van der Waals surface area contributed by atoms with E-state index in [1.165, 1.54) is 12.8 Å². The fourth-order valence-corrected chi connectivity index (χ4v) is 1.74. The monoisotopic (exact) mass is 250 g/mol. The Morgan fingerprint density at radius 1 is 1.44 bits per heavy atom. The van der Waals surface area contributed by atoms with E-state index in [4.69, 9.17) is 10.5 Å². The minimum atomic E-state index is -0.420. The Hall–Kier alpha value is -1.58. The second kappa shape index (κ2) is 6.38. The van der Waals surface area contributed by atoms with Gasteiger partial charge in [0.05, 0.1) is 12.2 Å². The lowest BCUT2D eigenvalue weighted by molar-refractivity contribution is -0.138. The van der Waals surface area contributed by atoms with Crippen molar-refractivity contribution in [1.82, 2.24) is 0 Å². The number of nitrogens with zero attached hydrogens (tertiary/aromatic N) is 1. The van der Waals surface area contributed by atoms with Crippen LogP contribution in [0.2, 0.25) is 0 Å². The van der Waals surface area contributed by atoms with E-state index in [1.807, 2.05) is 13.8 Å². The molecule has 0 radical (unpaired) electrons. The number of esters is 1. The van der Waals surface area contributed by atoms with Crippen molar-refractivity contribution in [2.45, 2.75) is 40.0 Å². The Morgan fingerprint density at radius 2 is 2.06 bits per heavy atom. The highest BCUT2D eigenvalue weighted by molar-refractivity contribution is 5.93. The smallest absolute Gasteiger partial charge is 0.337 e. The Bertz CT molecular complexity index is 404. The van der Waals surface area contributed by atoms with Gasteiger partial charge in [0.2, 0.25) is 0 Å². The van der Waals surface area contributed by atoms with E-state index >= 15 is 0 Å². The average molecular weight is 250 g/mol. The average Bonchev–Trinajstić information content (AvgIpc) is 3.13. The summed E-state index contributed by atoms with van der Waals surface area (Å²) in [6.07, 6.45) is 2.98. The predicted molar refractivity (Wildman–Crippen MR) is 73.1 cm³/mol. The molecule has 4 heteroatoms. The van der Waals surface area contributed by atoms with Crippen LogP contribution in [0.25, 0.3) is 0 Å². The first-order chi connectivity index (χ1) is 8.51. The van der Waals surface area contributed by atoms with E-state index < -0.39 is 5.97 Å². The summed E-state index contributed by atoms with van der Waals surface area (Å²) in [6.45, 7) is 9.75. The molecule has 1 saturated carbocycles. The highest BCUT2D eigenvalue weighted by atomic mass is 16.5. The lowest BCUT2D eigenvalue weighted by Gasteiger charge is -2.10. The zero-order valence-corrected chi connectivity index (χ0v) is 11.5. The maximum absolute atomic E-state index is 11.6. The molecule has 0 unspecified atom stereocenters. The van der Waals surface area contributed by atoms with E-state index in [2.05, 4.69) is 11.6 Å². The zero-order valence-electron chi connectivity index (χ0n) is 11.5. The van der Waals surface area contributed by atoms with Gasteiger partial charge in [0.1, 0.15) is 5.82 Å². The van der Waals surface area contributed by atoms with Gasteiger partial charge in [-0.3, -0.25) is 0 Å². The molecule has 1 aliphatic rings. The summed E-state index contributed by atoms with van der Waals surface area (Å²) in [5.41, 5.74) is 7.97. The van der Waals surface area contributed by atoms with Crippen molar-refractivity contribution in [3.63, 3.8) is 0 Å². The third-order valence-corrected chi connectivity index (χ3v) is 3.01. The first kappa shape index (κ1) is 14.5. The summed E-state index contributed by atoms with van der Waals surface area (Å²) < 4.78 is 4.92. The van der Waals surface area contributed by atoms with Crippen LogP contribution in [0.1, 0.15) is 40.0 Å². The molecule has 0 spiro atoms. The number of carbonyl (C=O) groups excluding carboxylic acids is 1. The summed E-state index contributed by atoms with van der Waals surface area (Å²) >= 11 is 0. The van der Waals surface area contributed by atoms with Crippen LogP contribution in [0.15, 0.2) is 28.5 Å². The molecular weight excluding hydrogens is 228 g/mol. The van der Waals surface area contributed by atoms with E-state index in [0.717, 1.165) is 5.71 Å². The van der Waals surface area contributed by atoms with Gasteiger partial charge in [-0.05, 0) is 39.0 Å². The number of hydrogen-bond donors (Lipinski definition) is 1. The largest absolute Gasteiger partial charge is 0.462 e. The molecule has 0 bridgehead atoms. The van der Waals surface area contributed by atoms with Crippen LogP contribution in [0.4, 0.5) is 0 Å². The van der Waals surface area contributed by atoms with Crippen molar-refractivity contribution in [3.05, 3.63) is 23.5 Å². The Balaban J connectivity index is 2.88. The molecule has 0 aliphatic heterocycles. The second-order valence-corrected chi connectivity index (χ2v) is 4.44. The predicted octanol–water partition coefficient (Wildman–Crippen LogP) is 2.56. The zero-order chi connectivity index (χ0) is 13.7. The van der Waals surface area contributed by atoms with Crippen molar-refractivity contribution in [2.24, 2.45) is 16.6 Å². The second-order valence-electron chi connectivity index (χ2n) is 4.44. The number of carbonyl (C=O) groups is 1. The molecular formula is C14H22N2O2. The minimum absolute atomic E-state index is 0.309. The number of nitrogens with two attached hydrogens (primary N) is 1. The normalized spacial score (nSPS) is 17.2. The number of aliphatic imine (C=N–C) groups is 1. The van der Waals surface area contributed by atoms with Crippen LogP contribution in [-0.4, -0.2) is 18.3 Å². The Kier molecular flexibility index (Phi) is 5.13. The maximum Gasteiger partial charge on any atom is 0.337 e. The lowest BCUT2D eigenvalue weighted by Crippen LogP contribution is -2.13. The first-order valence-corrected chi connectivity index (χ1v) is 6.41. The highest BCUT2D eigenvalue weighted by Gasteiger charge is 2.25. The van der Waals surface area contributed by atoms with Crippen LogP contribution >= 0.6 is 0 Å². The third kappa shape index (κ3) is 3.72. The van der Waals surface area contributed by atoms with E-state index in [-0.39, 0.29) is 0 Å². The van der Waals surface area contributed by atoms with Crippen molar-refractivity contribution in [3.8, 4) is 0 Å². The lowest BCUT2D eigenvalue weighted by atomic mass is 10.1. The molecule has 4 nitrogen and oxygen atoms in total. The summed E-state index contributed by atoms with van der Waals surface area (Å²) in [5.74, 6) is 0.536. The fourth-order valence-electron chi connectivity index (χ4n) is 1.74. The topological polar surface area (TPSA) is 64.7 Å². The third-order valence-electron chi connectivity index (χ3n) is 3.01. The summed E-state index contributed by atoms with van der Waals surface area (Å²) in [7, 11) is 0. The number of hydrogen-bond acceptors (Lipinski definition) is 4. The SMILES string of the molecule is C=C(C(=O)OCC)/C(CC)=C(/N)N=C(C)C1CC1. The Labute approximate surface area is 109 Å². The molecule has 0 atom stereocenters. The van der Waals surface area contributed by atoms with Crippen LogP contribution in [0.5, 0.6) is 0 Å². The Morgan fingerprint density at radius 3 is 2.50 bits per heavy atom. The molecule has 0 aromatic carbocycles.